The van der Waals surface area contributed by atoms with Gasteiger partial charge in [0, 0.05) is 0 Å². The largest absolute Gasteiger partial charge is 0.480 e. The Morgan fingerprint density at radius 3 is 1.94 bits per heavy atom. The van der Waals surface area contributed by atoms with Gasteiger partial charge in [0.25, 0.3) is 0 Å². The number of aliphatic carboxylic acids is 1. The second-order valence-electron chi connectivity index (χ2n) is 5.38. The molecule has 0 saturated carbocycles. The summed E-state index contributed by atoms with van der Waals surface area (Å²) >= 11 is 0. The number of para-hydroxylation sites is 1. The fourth-order valence-corrected chi connectivity index (χ4v) is 1.41. The molecule has 1 unspecified atom stereocenters. The molecule has 1 rings (SSSR count). The van der Waals surface area contributed by atoms with Gasteiger partial charge in [0.2, 0.25) is 0 Å². The molecule has 1 aromatic carbocycles. The highest BCUT2D eigenvalue weighted by molar-refractivity contribution is 6.00. The highest BCUT2D eigenvalue weighted by atomic mass is 16.5. The third-order valence-corrected chi connectivity index (χ3v) is 3.29. The zero-order valence-corrected chi connectivity index (χ0v) is 11.1. The van der Waals surface area contributed by atoms with E-state index in [0.717, 1.165) is 0 Å². The molecule has 0 fully saturated rings. The van der Waals surface area contributed by atoms with Crippen LogP contribution in [-0.2, 0) is 9.59 Å². The molecule has 98 valence electrons. The maximum atomic E-state index is 12.1. The van der Waals surface area contributed by atoms with Crippen molar-refractivity contribution in [2.24, 2.45) is 10.8 Å². The van der Waals surface area contributed by atoms with Crippen LogP contribution in [0.15, 0.2) is 30.3 Å². The Labute approximate surface area is 107 Å². The number of carboxylic acid groups (broad SMARTS) is 1. The van der Waals surface area contributed by atoms with Gasteiger partial charge in [-0.25, -0.2) is 0 Å². The lowest BCUT2D eigenvalue weighted by molar-refractivity contribution is -0.169. The van der Waals surface area contributed by atoms with Gasteiger partial charge in [-0.3, -0.25) is 9.59 Å². The predicted octanol–water partition coefficient (Wildman–Crippen LogP) is 2.73. The van der Waals surface area contributed by atoms with Crippen LogP contribution in [0.1, 0.15) is 27.7 Å². The molecule has 0 amide bonds. The molecule has 0 aliphatic carbocycles. The summed E-state index contributed by atoms with van der Waals surface area (Å²) in [5.41, 5.74) is -2.34. The minimum Gasteiger partial charge on any atom is -0.480 e. The van der Waals surface area contributed by atoms with Crippen molar-refractivity contribution in [2.75, 3.05) is 0 Å². The average Bonchev–Trinajstić information content (AvgIpc) is 2.27. The monoisotopic (exact) mass is 250 g/mol. The molecule has 18 heavy (non-hydrogen) atoms. The standard InChI is InChI=1S/C14H18O4/c1-13(2,3)14(4,11(15)16)12(17)18-10-8-6-5-7-9-10/h5-9H,1-4H3,(H,15,16). The molecule has 0 bridgehead atoms. The summed E-state index contributed by atoms with van der Waals surface area (Å²) in [7, 11) is 0. The van der Waals surface area contributed by atoms with Gasteiger partial charge in [-0.15, -0.1) is 0 Å². The molecule has 0 aromatic heterocycles. The fourth-order valence-electron chi connectivity index (χ4n) is 1.41. The molecule has 0 spiro atoms. The van der Waals surface area contributed by atoms with Crippen molar-refractivity contribution in [1.82, 2.24) is 0 Å². The first-order chi connectivity index (χ1) is 8.19. The summed E-state index contributed by atoms with van der Waals surface area (Å²) < 4.78 is 5.15. The van der Waals surface area contributed by atoms with Crippen LogP contribution in [0.3, 0.4) is 0 Å². The van der Waals surface area contributed by atoms with Crippen molar-refractivity contribution in [2.45, 2.75) is 27.7 Å². The zero-order valence-electron chi connectivity index (χ0n) is 11.1. The number of esters is 1. The first-order valence-corrected chi connectivity index (χ1v) is 5.70. The van der Waals surface area contributed by atoms with Crippen LogP contribution in [0.2, 0.25) is 0 Å². The van der Waals surface area contributed by atoms with Crippen molar-refractivity contribution in [3.8, 4) is 5.75 Å². The molecule has 0 radical (unpaired) electrons. The third-order valence-electron chi connectivity index (χ3n) is 3.29. The molecule has 0 heterocycles. The van der Waals surface area contributed by atoms with Crippen molar-refractivity contribution >= 4 is 11.9 Å². The van der Waals surface area contributed by atoms with E-state index in [9.17, 15) is 14.7 Å². The van der Waals surface area contributed by atoms with Gasteiger partial charge in [0.1, 0.15) is 5.75 Å². The van der Waals surface area contributed by atoms with E-state index >= 15 is 0 Å². The lowest BCUT2D eigenvalue weighted by Crippen LogP contribution is -2.49. The minimum atomic E-state index is -1.59. The van der Waals surface area contributed by atoms with Crippen LogP contribution >= 0.6 is 0 Å². The molecule has 4 heteroatoms. The first kappa shape index (κ1) is 14.2. The van der Waals surface area contributed by atoms with Crippen LogP contribution in [0, 0.1) is 10.8 Å². The number of carbonyl (C=O) groups is 2. The number of carbonyl (C=O) groups excluding carboxylic acids is 1. The highest BCUT2D eigenvalue weighted by Gasteiger charge is 2.52. The van der Waals surface area contributed by atoms with Crippen molar-refractivity contribution in [3.05, 3.63) is 30.3 Å². The number of rotatable bonds is 3. The quantitative estimate of drug-likeness (QED) is 0.509. The maximum Gasteiger partial charge on any atom is 0.329 e. The van der Waals surface area contributed by atoms with Crippen LogP contribution < -0.4 is 4.74 Å². The van der Waals surface area contributed by atoms with Crippen LogP contribution in [0.25, 0.3) is 0 Å². The van der Waals surface area contributed by atoms with Gasteiger partial charge in [0.15, 0.2) is 5.41 Å². The average molecular weight is 250 g/mol. The van der Waals surface area contributed by atoms with Crippen molar-refractivity contribution < 1.29 is 19.4 Å². The predicted molar refractivity (Wildman–Crippen MR) is 67.3 cm³/mol. The van der Waals surface area contributed by atoms with E-state index in [1.165, 1.54) is 6.92 Å². The molecule has 4 nitrogen and oxygen atoms in total. The lowest BCUT2D eigenvalue weighted by atomic mass is 9.68. The Morgan fingerprint density at radius 2 is 1.56 bits per heavy atom. The topological polar surface area (TPSA) is 63.6 Å². The number of benzene rings is 1. The second-order valence-corrected chi connectivity index (χ2v) is 5.38. The summed E-state index contributed by atoms with van der Waals surface area (Å²) in [5.74, 6) is -1.59. The lowest BCUT2D eigenvalue weighted by Gasteiger charge is -2.35. The van der Waals surface area contributed by atoms with Gasteiger partial charge in [-0.2, -0.15) is 0 Å². The van der Waals surface area contributed by atoms with E-state index in [2.05, 4.69) is 0 Å². The molecular weight excluding hydrogens is 232 g/mol. The van der Waals surface area contributed by atoms with Crippen molar-refractivity contribution in [3.63, 3.8) is 0 Å². The Bertz CT molecular complexity index is 445. The van der Waals surface area contributed by atoms with Gasteiger partial charge in [-0.05, 0) is 24.5 Å². The molecule has 1 aromatic rings. The summed E-state index contributed by atoms with van der Waals surface area (Å²) in [6.45, 7) is 6.49. The van der Waals surface area contributed by atoms with Gasteiger partial charge >= 0.3 is 11.9 Å². The van der Waals surface area contributed by atoms with Crippen molar-refractivity contribution in [1.29, 1.82) is 0 Å². The number of hydrogen-bond acceptors (Lipinski definition) is 3. The van der Waals surface area contributed by atoms with Gasteiger partial charge in [-0.1, -0.05) is 39.0 Å². The smallest absolute Gasteiger partial charge is 0.329 e. The zero-order chi connectivity index (χ0) is 14.0. The van der Waals surface area contributed by atoms with Gasteiger partial charge in [0.05, 0.1) is 0 Å². The van der Waals surface area contributed by atoms with E-state index in [-0.39, 0.29) is 0 Å². The van der Waals surface area contributed by atoms with Crippen LogP contribution in [-0.4, -0.2) is 17.0 Å². The second kappa shape index (κ2) is 4.80. The molecule has 0 aliphatic rings. The summed E-state index contributed by atoms with van der Waals surface area (Å²) in [5, 5.41) is 9.32. The molecule has 1 atom stereocenters. The normalized spacial score (nSPS) is 14.7. The minimum absolute atomic E-state index is 0.347. The van der Waals surface area contributed by atoms with E-state index in [1.807, 2.05) is 0 Å². The maximum absolute atomic E-state index is 12.1. The Morgan fingerprint density at radius 1 is 1.06 bits per heavy atom. The number of hydrogen-bond donors (Lipinski definition) is 1. The van der Waals surface area contributed by atoms with E-state index in [0.29, 0.717) is 5.75 Å². The Balaban J connectivity index is 3.03. The van der Waals surface area contributed by atoms with E-state index in [1.54, 1.807) is 51.1 Å². The molecular formula is C14H18O4. The summed E-state index contributed by atoms with van der Waals surface area (Å²) in [6.07, 6.45) is 0. The van der Waals surface area contributed by atoms with Crippen LogP contribution in [0.4, 0.5) is 0 Å². The Hall–Kier alpha value is -1.84. The molecule has 0 saturated heterocycles. The molecule has 1 N–H and O–H groups in total. The summed E-state index contributed by atoms with van der Waals surface area (Å²) in [4.78, 5) is 23.5. The fraction of sp³-hybridized carbons (Fsp3) is 0.429. The van der Waals surface area contributed by atoms with Crippen LogP contribution in [0.5, 0.6) is 5.75 Å². The molecule has 0 aliphatic heterocycles. The Kier molecular flexibility index (Phi) is 3.79. The van der Waals surface area contributed by atoms with E-state index < -0.39 is 22.8 Å². The van der Waals surface area contributed by atoms with E-state index in [4.69, 9.17) is 4.74 Å². The third kappa shape index (κ3) is 2.53. The highest BCUT2D eigenvalue weighted by Crippen LogP contribution is 2.40. The van der Waals surface area contributed by atoms with Gasteiger partial charge < -0.3 is 9.84 Å². The SMILES string of the molecule is CC(C)(C)C(C)(C(=O)O)C(=O)Oc1ccccc1. The first-order valence-electron chi connectivity index (χ1n) is 5.70. The number of carboxylic acids is 1. The summed E-state index contributed by atoms with van der Waals surface area (Å²) in [6, 6.07) is 8.46. The number of ether oxygens (including phenoxy) is 1.